The molecule has 0 bridgehead atoms. The Morgan fingerprint density at radius 3 is 2.66 bits per heavy atom. The third-order valence-electron chi connectivity index (χ3n) is 6.43. The maximum Gasteiger partial charge on any atom is 0.257 e. The molecule has 0 spiro atoms. The zero-order valence-corrected chi connectivity index (χ0v) is 21.2. The topological polar surface area (TPSA) is 71.1 Å². The Hall–Kier alpha value is -2.97. The molecular formula is C27H36FN3O4. The monoisotopic (exact) mass is 485 g/mol. The molecule has 35 heavy (non-hydrogen) atoms. The van der Waals surface area contributed by atoms with Gasteiger partial charge in [0.1, 0.15) is 18.2 Å². The number of carbonyl (C=O) groups is 2. The van der Waals surface area contributed by atoms with Gasteiger partial charge in [0.05, 0.1) is 11.7 Å². The van der Waals surface area contributed by atoms with Crippen LogP contribution >= 0.6 is 0 Å². The number of anilines is 1. The molecule has 0 unspecified atom stereocenters. The number of hydrogen-bond acceptors (Lipinski definition) is 5. The minimum Gasteiger partial charge on any atom is -0.491 e. The van der Waals surface area contributed by atoms with Gasteiger partial charge in [-0.3, -0.25) is 14.5 Å². The zero-order chi connectivity index (χ0) is 25.5. The molecule has 0 aromatic heterocycles. The van der Waals surface area contributed by atoms with Gasteiger partial charge in [0.2, 0.25) is 0 Å². The van der Waals surface area contributed by atoms with Crippen molar-refractivity contribution in [3.63, 3.8) is 0 Å². The third-order valence-corrected chi connectivity index (χ3v) is 6.43. The molecule has 2 aromatic rings. The summed E-state index contributed by atoms with van der Waals surface area (Å²) in [6, 6.07) is 10.6. The number of carbonyl (C=O) groups excluding carboxylic acids is 2. The second kappa shape index (κ2) is 12.1. The molecule has 0 saturated carbocycles. The van der Waals surface area contributed by atoms with Crippen LogP contribution in [0.1, 0.15) is 47.9 Å². The quantitative estimate of drug-likeness (QED) is 0.684. The minimum absolute atomic E-state index is 0.107. The molecule has 1 N–H and O–H groups in total. The van der Waals surface area contributed by atoms with Crippen molar-refractivity contribution in [1.29, 1.82) is 0 Å². The van der Waals surface area contributed by atoms with Gasteiger partial charge in [0, 0.05) is 50.6 Å². The molecule has 2 aromatic carbocycles. The molecule has 1 aliphatic rings. The Morgan fingerprint density at radius 2 is 1.97 bits per heavy atom. The highest BCUT2D eigenvalue weighted by Gasteiger charge is 2.28. The van der Waals surface area contributed by atoms with Crippen molar-refractivity contribution < 1.29 is 23.5 Å². The largest absolute Gasteiger partial charge is 0.491 e. The van der Waals surface area contributed by atoms with Gasteiger partial charge in [-0.05, 0) is 56.1 Å². The second-order valence-corrected chi connectivity index (χ2v) is 9.27. The molecule has 3 rings (SSSR count). The van der Waals surface area contributed by atoms with Gasteiger partial charge in [-0.15, -0.1) is 0 Å². The van der Waals surface area contributed by atoms with Gasteiger partial charge in [-0.25, -0.2) is 4.39 Å². The lowest BCUT2D eigenvalue weighted by atomic mass is 10.0. The van der Waals surface area contributed by atoms with E-state index in [4.69, 9.17) is 9.47 Å². The zero-order valence-electron chi connectivity index (χ0n) is 21.2. The van der Waals surface area contributed by atoms with Crippen LogP contribution in [-0.2, 0) is 4.74 Å². The molecule has 190 valence electrons. The molecule has 8 heteroatoms. The molecule has 7 nitrogen and oxygen atoms in total. The van der Waals surface area contributed by atoms with Gasteiger partial charge < -0.3 is 19.7 Å². The molecule has 1 aliphatic heterocycles. The van der Waals surface area contributed by atoms with Crippen molar-refractivity contribution in [3.05, 3.63) is 59.4 Å². The number of amides is 2. The number of nitrogens with one attached hydrogen (secondary N) is 1. The van der Waals surface area contributed by atoms with Crippen LogP contribution in [0.4, 0.5) is 10.1 Å². The van der Waals surface area contributed by atoms with Crippen molar-refractivity contribution in [1.82, 2.24) is 9.80 Å². The Balaban J connectivity index is 1.91. The fourth-order valence-corrected chi connectivity index (χ4v) is 4.36. The summed E-state index contributed by atoms with van der Waals surface area (Å²) in [6.45, 7) is 9.00. The summed E-state index contributed by atoms with van der Waals surface area (Å²) in [5.41, 5.74) is 1.08. The van der Waals surface area contributed by atoms with Crippen LogP contribution in [0.5, 0.6) is 5.75 Å². The lowest BCUT2D eigenvalue weighted by molar-refractivity contribution is 0.0108. The molecule has 2 amide bonds. The average Bonchev–Trinajstić information content (AvgIpc) is 2.84. The molecule has 3 atom stereocenters. The SMILES string of the molecule is CCCN1C[C@H](C)[C@@H](OC)CN(C)C(=O)c2ccc(NC(=O)c3cccc(F)c3)cc2OC[C@H]1C. The number of hydrogen-bond donors (Lipinski definition) is 1. The molecule has 0 fully saturated rings. The fourth-order valence-electron chi connectivity index (χ4n) is 4.36. The lowest BCUT2D eigenvalue weighted by Gasteiger charge is -2.35. The Labute approximate surface area is 207 Å². The van der Waals surface area contributed by atoms with Crippen molar-refractivity contribution in [2.45, 2.75) is 39.3 Å². The summed E-state index contributed by atoms with van der Waals surface area (Å²) < 4.78 is 25.5. The Kier molecular flexibility index (Phi) is 9.23. The first kappa shape index (κ1) is 26.6. The van der Waals surface area contributed by atoms with E-state index in [0.29, 0.717) is 30.2 Å². The first-order valence-corrected chi connectivity index (χ1v) is 12.1. The number of likely N-dealkylation sites (N-methyl/N-ethyl adjacent to an activating group) is 1. The van der Waals surface area contributed by atoms with E-state index in [1.54, 1.807) is 43.3 Å². The summed E-state index contributed by atoms with van der Waals surface area (Å²) in [6.07, 6.45) is 0.907. The summed E-state index contributed by atoms with van der Waals surface area (Å²) in [7, 11) is 3.44. The van der Waals surface area contributed by atoms with E-state index in [9.17, 15) is 14.0 Å². The maximum atomic E-state index is 13.5. The van der Waals surface area contributed by atoms with E-state index in [1.165, 1.54) is 18.2 Å². The standard InChI is InChI=1S/C27H36FN3O4/c1-6-12-31-15-18(2)25(34-5)16-30(4)27(33)23-11-10-22(14-24(23)35-17-19(31)3)29-26(32)20-8-7-9-21(28)13-20/h7-11,13-14,18-19,25H,6,12,15-17H2,1-5H3,(H,29,32)/t18-,19+,25-/m0/s1. The first-order chi connectivity index (χ1) is 16.7. The number of ether oxygens (including phenoxy) is 2. The van der Waals surface area contributed by atoms with Crippen molar-refractivity contribution >= 4 is 17.5 Å². The van der Waals surface area contributed by atoms with Crippen molar-refractivity contribution in [2.75, 3.05) is 45.7 Å². The van der Waals surface area contributed by atoms with Crippen molar-refractivity contribution in [2.24, 2.45) is 5.92 Å². The van der Waals surface area contributed by atoms with Crippen LogP contribution in [-0.4, -0.2) is 74.2 Å². The van der Waals surface area contributed by atoms with Crippen LogP contribution in [0.15, 0.2) is 42.5 Å². The van der Waals surface area contributed by atoms with Gasteiger partial charge in [-0.2, -0.15) is 0 Å². The molecule has 0 saturated heterocycles. The van der Waals surface area contributed by atoms with Gasteiger partial charge in [-0.1, -0.05) is 19.9 Å². The van der Waals surface area contributed by atoms with Gasteiger partial charge in [0.25, 0.3) is 11.8 Å². The number of methoxy groups -OCH3 is 1. The van der Waals surface area contributed by atoms with E-state index < -0.39 is 11.7 Å². The van der Waals surface area contributed by atoms with E-state index in [-0.39, 0.29) is 29.5 Å². The predicted molar refractivity (Wildman–Crippen MR) is 135 cm³/mol. The number of nitrogens with zero attached hydrogens (tertiary/aromatic N) is 2. The van der Waals surface area contributed by atoms with Crippen LogP contribution in [0.2, 0.25) is 0 Å². The summed E-state index contributed by atoms with van der Waals surface area (Å²) in [5, 5.41) is 2.77. The smallest absolute Gasteiger partial charge is 0.257 e. The van der Waals surface area contributed by atoms with E-state index in [2.05, 4.69) is 31.0 Å². The summed E-state index contributed by atoms with van der Waals surface area (Å²) in [5.74, 6) is -0.494. The summed E-state index contributed by atoms with van der Waals surface area (Å²) in [4.78, 5) is 30.0. The Morgan fingerprint density at radius 1 is 1.20 bits per heavy atom. The van der Waals surface area contributed by atoms with Gasteiger partial charge >= 0.3 is 0 Å². The highest BCUT2D eigenvalue weighted by Crippen LogP contribution is 2.27. The molecule has 0 aliphatic carbocycles. The van der Waals surface area contributed by atoms with E-state index in [0.717, 1.165) is 19.5 Å². The molecule has 1 heterocycles. The second-order valence-electron chi connectivity index (χ2n) is 9.27. The first-order valence-electron chi connectivity index (χ1n) is 12.1. The maximum absolute atomic E-state index is 13.5. The van der Waals surface area contributed by atoms with Crippen molar-refractivity contribution in [3.8, 4) is 5.75 Å². The Bertz CT molecular complexity index is 1030. The number of benzene rings is 2. The number of rotatable bonds is 5. The number of fused-ring (bicyclic) bond motifs is 1. The minimum atomic E-state index is -0.485. The van der Waals surface area contributed by atoms with Crippen LogP contribution in [0, 0.1) is 11.7 Å². The van der Waals surface area contributed by atoms with E-state index >= 15 is 0 Å². The van der Waals surface area contributed by atoms with Crippen LogP contribution < -0.4 is 10.1 Å². The summed E-state index contributed by atoms with van der Waals surface area (Å²) >= 11 is 0. The van der Waals surface area contributed by atoms with Crippen LogP contribution in [0.3, 0.4) is 0 Å². The van der Waals surface area contributed by atoms with Crippen LogP contribution in [0.25, 0.3) is 0 Å². The highest BCUT2D eigenvalue weighted by atomic mass is 19.1. The normalized spacial score (nSPS) is 21.9. The average molecular weight is 486 g/mol. The van der Waals surface area contributed by atoms with E-state index in [1.807, 2.05) is 0 Å². The third kappa shape index (κ3) is 6.80. The molecule has 0 radical (unpaired) electrons. The highest BCUT2D eigenvalue weighted by molar-refractivity contribution is 6.05. The fraction of sp³-hybridized carbons (Fsp3) is 0.481. The predicted octanol–water partition coefficient (Wildman–Crippen LogP) is 4.29. The number of halogens is 1. The molecular weight excluding hydrogens is 449 g/mol. The van der Waals surface area contributed by atoms with Gasteiger partial charge in [0.15, 0.2) is 0 Å². The lowest BCUT2D eigenvalue weighted by Crippen LogP contribution is -2.46.